The van der Waals surface area contributed by atoms with Crippen LogP contribution in [0.25, 0.3) is 0 Å². The molecule has 0 rings (SSSR count). The van der Waals surface area contributed by atoms with Gasteiger partial charge < -0.3 is 4.74 Å². The number of hydrogen-bond acceptors (Lipinski definition) is 6. The first-order chi connectivity index (χ1) is 7.03. The Morgan fingerprint density at radius 2 is 1.93 bits per heavy atom. The van der Waals surface area contributed by atoms with Gasteiger partial charge in [-0.3, -0.25) is 13.8 Å². The fraction of sp³-hybridized carbons (Fsp3) is 0.833. The number of methoxy groups -OCH3 is 1. The minimum absolute atomic E-state index is 0.369. The van der Waals surface area contributed by atoms with Gasteiger partial charge in [-0.2, -0.15) is 0 Å². The molecule has 15 heavy (non-hydrogen) atoms. The fourth-order valence-corrected chi connectivity index (χ4v) is 2.85. The number of carbonyl (C=O) groups excluding carboxylic acids is 1. The maximum Gasteiger partial charge on any atom is 0.418 e. The average molecular weight is 258 g/mol. The molecule has 0 heterocycles. The number of nitrogens with one attached hydrogen (secondary N) is 1. The topological polar surface area (TPSA) is 77.1 Å². The Morgan fingerprint density at radius 1 is 1.40 bits per heavy atom. The van der Waals surface area contributed by atoms with Crippen molar-refractivity contribution in [2.75, 3.05) is 27.9 Å². The van der Waals surface area contributed by atoms with Gasteiger partial charge in [-0.05, 0) is 0 Å². The summed E-state index contributed by atoms with van der Waals surface area (Å²) in [5.41, 5.74) is 0. The number of nitrogens with zero attached hydrogens (tertiary/aromatic N) is 1. The quantitative estimate of drug-likeness (QED) is 0.573. The molecule has 1 amide bonds. The normalized spacial score (nSPS) is 11.5. The molecular weight excluding hydrogens is 243 g/mol. The van der Waals surface area contributed by atoms with Gasteiger partial charge >= 0.3 is 13.8 Å². The van der Waals surface area contributed by atoms with Crippen LogP contribution in [0.3, 0.4) is 0 Å². The monoisotopic (exact) mass is 258 g/mol. The Labute approximate surface area is 93.3 Å². The van der Waals surface area contributed by atoms with Crippen molar-refractivity contribution in [3.8, 4) is 0 Å². The number of carbonyl (C=O) groups is 1. The van der Waals surface area contributed by atoms with Crippen LogP contribution < -0.4 is 4.72 Å². The standard InChI is InChI=1S/C6H15N2O5PS/c1-5-8(14(10,12-3)13-4)15-7-6(9)11-2/h5H2,1-4H3,(H,7,9). The highest BCUT2D eigenvalue weighted by Gasteiger charge is 2.31. The van der Waals surface area contributed by atoms with Crippen molar-refractivity contribution in [3.63, 3.8) is 0 Å². The van der Waals surface area contributed by atoms with Crippen molar-refractivity contribution < 1.29 is 23.1 Å². The van der Waals surface area contributed by atoms with Crippen LogP contribution in [-0.2, 0) is 18.3 Å². The summed E-state index contributed by atoms with van der Waals surface area (Å²) in [5, 5.41) is 0. The molecule has 0 aliphatic rings. The fourth-order valence-electron chi connectivity index (χ4n) is 0.676. The second-order valence-electron chi connectivity index (χ2n) is 2.19. The molecule has 9 heteroatoms. The lowest BCUT2D eigenvalue weighted by Crippen LogP contribution is -2.24. The summed E-state index contributed by atoms with van der Waals surface area (Å²) in [6, 6.07) is 0. The van der Waals surface area contributed by atoms with E-state index in [9.17, 15) is 9.36 Å². The predicted molar refractivity (Wildman–Crippen MR) is 57.1 cm³/mol. The van der Waals surface area contributed by atoms with Crippen LogP contribution in [0.5, 0.6) is 0 Å². The Kier molecular flexibility index (Phi) is 6.95. The molecule has 0 atom stereocenters. The van der Waals surface area contributed by atoms with Gasteiger partial charge in [-0.25, -0.2) is 9.36 Å². The maximum absolute atomic E-state index is 11.9. The summed E-state index contributed by atoms with van der Waals surface area (Å²) in [6.07, 6.45) is -0.641. The largest absolute Gasteiger partial charge is 0.452 e. The maximum atomic E-state index is 11.9. The smallest absolute Gasteiger partial charge is 0.418 e. The first-order valence-electron chi connectivity index (χ1n) is 4.04. The number of rotatable bonds is 6. The molecule has 0 fully saturated rings. The van der Waals surface area contributed by atoms with Crippen molar-refractivity contribution in [1.29, 1.82) is 0 Å². The van der Waals surface area contributed by atoms with Gasteiger partial charge in [0, 0.05) is 20.8 Å². The summed E-state index contributed by atoms with van der Waals surface area (Å²) >= 11 is 0.806. The molecule has 7 nitrogen and oxygen atoms in total. The second kappa shape index (κ2) is 7.08. The molecule has 0 aliphatic carbocycles. The van der Waals surface area contributed by atoms with Crippen LogP contribution in [0.15, 0.2) is 0 Å². The molecule has 0 aromatic rings. The number of ether oxygens (including phenoxy) is 1. The third kappa shape index (κ3) is 4.40. The molecule has 0 bridgehead atoms. The van der Waals surface area contributed by atoms with Gasteiger partial charge in [-0.15, -0.1) is 4.08 Å². The van der Waals surface area contributed by atoms with Crippen molar-refractivity contribution in [2.24, 2.45) is 0 Å². The van der Waals surface area contributed by atoms with E-state index in [-0.39, 0.29) is 0 Å². The molecule has 0 saturated heterocycles. The van der Waals surface area contributed by atoms with Crippen LogP contribution in [0, 0.1) is 0 Å². The van der Waals surface area contributed by atoms with E-state index in [0.29, 0.717) is 6.54 Å². The van der Waals surface area contributed by atoms with E-state index in [1.807, 2.05) is 0 Å². The van der Waals surface area contributed by atoms with E-state index in [2.05, 4.69) is 9.46 Å². The van der Waals surface area contributed by atoms with Gasteiger partial charge in [0.25, 0.3) is 0 Å². The van der Waals surface area contributed by atoms with E-state index in [1.165, 1.54) is 25.4 Å². The Hall–Kier alpha value is -0.270. The SMILES string of the molecule is CCN(SNC(=O)OC)P(=O)(OC)OC. The molecule has 0 saturated carbocycles. The van der Waals surface area contributed by atoms with Gasteiger partial charge in [-0.1, -0.05) is 6.92 Å². The highest BCUT2D eigenvalue weighted by molar-refractivity contribution is 8.00. The molecular formula is C6H15N2O5PS. The number of hydrogen-bond donors (Lipinski definition) is 1. The first-order valence-corrected chi connectivity index (χ1v) is 6.31. The van der Waals surface area contributed by atoms with Gasteiger partial charge in [0.05, 0.1) is 19.2 Å². The Morgan fingerprint density at radius 3 is 2.27 bits per heavy atom. The lowest BCUT2D eigenvalue weighted by molar-refractivity contribution is 0.178. The summed E-state index contributed by atoms with van der Waals surface area (Å²) in [4.78, 5) is 10.8. The zero-order chi connectivity index (χ0) is 11.9. The molecule has 0 aromatic heterocycles. The molecule has 0 aliphatic heterocycles. The van der Waals surface area contributed by atoms with Crippen molar-refractivity contribution in [2.45, 2.75) is 6.92 Å². The second-order valence-corrected chi connectivity index (χ2v) is 5.44. The lowest BCUT2D eigenvalue weighted by Gasteiger charge is -2.24. The van der Waals surface area contributed by atoms with Crippen molar-refractivity contribution in [3.05, 3.63) is 0 Å². The highest BCUT2D eigenvalue weighted by atomic mass is 32.2. The third-order valence-corrected chi connectivity index (χ3v) is 4.75. The van der Waals surface area contributed by atoms with Gasteiger partial charge in [0.2, 0.25) is 0 Å². The Bertz CT molecular complexity index is 244. The molecule has 0 unspecified atom stereocenters. The van der Waals surface area contributed by atoms with E-state index in [1.54, 1.807) is 6.92 Å². The number of amides is 1. The van der Waals surface area contributed by atoms with Crippen LogP contribution in [-0.4, -0.2) is 38.0 Å². The lowest BCUT2D eigenvalue weighted by atomic mass is 10.8. The predicted octanol–water partition coefficient (Wildman–Crippen LogP) is 1.63. The molecule has 0 aromatic carbocycles. The van der Waals surface area contributed by atoms with Gasteiger partial charge in [0.1, 0.15) is 0 Å². The molecule has 90 valence electrons. The first kappa shape index (κ1) is 14.7. The van der Waals surface area contributed by atoms with Crippen molar-refractivity contribution in [1.82, 2.24) is 8.80 Å². The highest BCUT2D eigenvalue weighted by Crippen LogP contribution is 2.53. The molecule has 1 N–H and O–H groups in total. The summed E-state index contributed by atoms with van der Waals surface area (Å²) in [6.45, 7) is 2.12. The van der Waals surface area contributed by atoms with E-state index >= 15 is 0 Å². The van der Waals surface area contributed by atoms with Crippen LogP contribution in [0.2, 0.25) is 0 Å². The van der Waals surface area contributed by atoms with Crippen molar-refractivity contribution >= 4 is 26.0 Å². The van der Waals surface area contributed by atoms with E-state index in [0.717, 1.165) is 12.1 Å². The van der Waals surface area contributed by atoms with E-state index < -0.39 is 13.8 Å². The average Bonchev–Trinajstić information content (AvgIpc) is 2.28. The minimum Gasteiger partial charge on any atom is -0.452 e. The van der Waals surface area contributed by atoms with Crippen LogP contribution in [0.1, 0.15) is 6.92 Å². The summed E-state index contributed by atoms with van der Waals surface area (Å²) in [7, 11) is 0.442. The Balaban J connectivity index is 4.35. The van der Waals surface area contributed by atoms with E-state index in [4.69, 9.17) is 9.05 Å². The third-order valence-electron chi connectivity index (χ3n) is 1.42. The van der Waals surface area contributed by atoms with Gasteiger partial charge in [0.15, 0.2) is 0 Å². The van der Waals surface area contributed by atoms with Crippen LogP contribution in [0.4, 0.5) is 4.79 Å². The molecule has 0 radical (unpaired) electrons. The summed E-state index contributed by atoms with van der Waals surface area (Å²) < 4.78 is 29.3. The minimum atomic E-state index is -3.33. The zero-order valence-electron chi connectivity index (χ0n) is 9.05. The van der Waals surface area contributed by atoms with Crippen LogP contribution >= 0.6 is 19.9 Å². The zero-order valence-corrected chi connectivity index (χ0v) is 10.8. The molecule has 0 spiro atoms. The summed E-state index contributed by atoms with van der Waals surface area (Å²) in [5.74, 6) is 0.